The zero-order valence-corrected chi connectivity index (χ0v) is 17.4. The summed E-state index contributed by atoms with van der Waals surface area (Å²) in [5, 5.41) is 12.9. The first-order valence-electron chi connectivity index (χ1n) is 8.93. The van der Waals surface area contributed by atoms with Crippen molar-refractivity contribution < 1.29 is 31.5 Å². The third-order valence-electron chi connectivity index (χ3n) is 4.46. The maximum atomic E-state index is 12.5. The second-order valence-electron chi connectivity index (χ2n) is 6.53. The molecule has 31 heavy (non-hydrogen) atoms. The number of anilines is 1. The Morgan fingerprint density at radius 1 is 1.26 bits per heavy atom. The topological polar surface area (TPSA) is 121 Å². The van der Waals surface area contributed by atoms with Gasteiger partial charge in [-0.05, 0) is 47.9 Å². The molecule has 166 valence electrons. The molecule has 3 aromatic rings. The predicted octanol–water partition coefficient (Wildman–Crippen LogP) is 3.55. The van der Waals surface area contributed by atoms with E-state index in [-0.39, 0.29) is 10.0 Å². The molecule has 1 saturated heterocycles. The van der Waals surface area contributed by atoms with E-state index in [9.17, 15) is 21.6 Å². The SMILES string of the molecule is O=C(O)C(F)(F)F.O=S(=O)(Nc1ncns1)c1ccc2c(C3CCCN3)cccc2c1. The summed E-state index contributed by atoms with van der Waals surface area (Å²) in [5.74, 6) is -2.76. The number of hydrogen-bond acceptors (Lipinski definition) is 7. The Morgan fingerprint density at radius 3 is 2.58 bits per heavy atom. The van der Waals surface area contributed by atoms with Crippen molar-refractivity contribution in [2.24, 2.45) is 0 Å². The number of hydrogen-bond donors (Lipinski definition) is 3. The minimum absolute atomic E-state index is 0.224. The van der Waals surface area contributed by atoms with Crippen LogP contribution in [0.25, 0.3) is 10.8 Å². The summed E-state index contributed by atoms with van der Waals surface area (Å²) in [7, 11) is -3.66. The van der Waals surface area contributed by atoms with Crippen LogP contribution in [0.5, 0.6) is 0 Å². The summed E-state index contributed by atoms with van der Waals surface area (Å²) in [6, 6.07) is 11.6. The Balaban J connectivity index is 0.000000339. The molecule has 8 nitrogen and oxygen atoms in total. The van der Waals surface area contributed by atoms with E-state index in [0.717, 1.165) is 35.3 Å². The van der Waals surface area contributed by atoms with E-state index in [0.29, 0.717) is 6.04 Å². The minimum Gasteiger partial charge on any atom is -0.475 e. The second kappa shape index (κ2) is 9.16. The van der Waals surface area contributed by atoms with Gasteiger partial charge in [-0.3, -0.25) is 4.72 Å². The quantitative estimate of drug-likeness (QED) is 0.529. The Kier molecular flexibility index (Phi) is 6.77. The highest BCUT2D eigenvalue weighted by atomic mass is 32.2. The van der Waals surface area contributed by atoms with Gasteiger partial charge in [0.15, 0.2) is 0 Å². The van der Waals surface area contributed by atoms with Gasteiger partial charge in [-0.25, -0.2) is 18.2 Å². The number of fused-ring (bicyclic) bond motifs is 1. The van der Waals surface area contributed by atoms with Gasteiger partial charge in [0.25, 0.3) is 10.0 Å². The molecule has 1 aromatic heterocycles. The largest absolute Gasteiger partial charge is 0.490 e. The standard InChI is InChI=1S/C16H16N4O2S2.C2HF3O2/c21-24(22,20-16-18-10-19-23-16)12-6-7-13-11(9-12)3-1-4-14(13)15-5-2-8-17-15;3-2(4,5)1(6)7/h1,3-4,6-7,9-10,15,17H,2,5,8H2,(H,18,19,20);(H,6,7). The molecule has 0 radical (unpaired) electrons. The predicted molar refractivity (Wildman–Crippen MR) is 108 cm³/mol. The van der Waals surface area contributed by atoms with Gasteiger partial charge >= 0.3 is 12.1 Å². The molecule has 2 aromatic carbocycles. The van der Waals surface area contributed by atoms with Crippen LogP contribution >= 0.6 is 11.5 Å². The molecule has 3 N–H and O–H groups in total. The summed E-state index contributed by atoms with van der Waals surface area (Å²) < 4.78 is 63.0. The average Bonchev–Trinajstić information content (AvgIpc) is 3.40. The average molecular weight is 474 g/mol. The van der Waals surface area contributed by atoms with Crippen LogP contribution in [0.15, 0.2) is 47.6 Å². The molecular weight excluding hydrogens is 457 g/mol. The normalized spacial score (nSPS) is 16.5. The molecule has 0 bridgehead atoms. The van der Waals surface area contributed by atoms with Crippen molar-refractivity contribution in [3.05, 3.63) is 48.3 Å². The number of rotatable bonds is 4. The number of carboxylic acids is 1. The smallest absolute Gasteiger partial charge is 0.475 e. The molecule has 1 aliphatic heterocycles. The van der Waals surface area contributed by atoms with Gasteiger partial charge < -0.3 is 10.4 Å². The van der Waals surface area contributed by atoms with E-state index >= 15 is 0 Å². The molecule has 0 amide bonds. The highest BCUT2D eigenvalue weighted by Crippen LogP contribution is 2.31. The highest BCUT2D eigenvalue weighted by Gasteiger charge is 2.38. The number of nitrogens with one attached hydrogen (secondary N) is 2. The fraction of sp³-hybridized carbons (Fsp3) is 0.278. The molecule has 0 aliphatic carbocycles. The van der Waals surface area contributed by atoms with Crippen molar-refractivity contribution in [2.45, 2.75) is 30.0 Å². The van der Waals surface area contributed by atoms with E-state index < -0.39 is 22.2 Å². The first-order valence-corrected chi connectivity index (χ1v) is 11.2. The van der Waals surface area contributed by atoms with Gasteiger partial charge in [-0.2, -0.15) is 17.5 Å². The monoisotopic (exact) mass is 474 g/mol. The van der Waals surface area contributed by atoms with Gasteiger partial charge in [0, 0.05) is 17.6 Å². The summed E-state index contributed by atoms with van der Waals surface area (Å²) in [5.41, 5.74) is 1.23. The zero-order chi connectivity index (χ0) is 22.6. The Bertz CT molecular complexity index is 1160. The molecule has 1 fully saturated rings. The molecule has 2 heterocycles. The van der Waals surface area contributed by atoms with Gasteiger partial charge in [-0.1, -0.05) is 24.3 Å². The van der Waals surface area contributed by atoms with Crippen LogP contribution in [0.1, 0.15) is 24.4 Å². The van der Waals surface area contributed by atoms with E-state index in [4.69, 9.17) is 9.90 Å². The third-order valence-corrected chi connectivity index (χ3v) is 6.50. The first-order chi connectivity index (χ1) is 14.6. The van der Waals surface area contributed by atoms with Crippen LogP contribution in [0, 0.1) is 0 Å². The van der Waals surface area contributed by atoms with E-state index in [1.54, 1.807) is 12.1 Å². The van der Waals surface area contributed by atoms with Crippen LogP contribution in [0.4, 0.5) is 18.3 Å². The molecular formula is C18H17F3N4O4S2. The van der Waals surface area contributed by atoms with E-state index in [1.165, 1.54) is 18.3 Å². The molecule has 1 unspecified atom stereocenters. The number of aromatic nitrogens is 2. The maximum Gasteiger partial charge on any atom is 0.490 e. The van der Waals surface area contributed by atoms with Gasteiger partial charge in [0.05, 0.1) is 4.90 Å². The van der Waals surface area contributed by atoms with Crippen LogP contribution in [0.2, 0.25) is 0 Å². The Labute approximate surface area is 179 Å². The number of benzene rings is 2. The van der Waals surface area contributed by atoms with Crippen LogP contribution in [-0.2, 0) is 14.8 Å². The summed E-state index contributed by atoms with van der Waals surface area (Å²) in [6.45, 7) is 1.03. The lowest BCUT2D eigenvalue weighted by Crippen LogP contribution is -2.21. The summed E-state index contributed by atoms with van der Waals surface area (Å²) >= 11 is 1.01. The number of carboxylic acid groups (broad SMARTS) is 1. The number of sulfonamides is 1. The fourth-order valence-electron chi connectivity index (χ4n) is 3.10. The number of carbonyl (C=O) groups is 1. The van der Waals surface area contributed by atoms with Crippen LogP contribution in [-0.4, -0.2) is 41.6 Å². The van der Waals surface area contributed by atoms with Crippen LogP contribution in [0.3, 0.4) is 0 Å². The molecule has 4 rings (SSSR count). The summed E-state index contributed by atoms with van der Waals surface area (Å²) in [6.07, 6.45) is -1.49. The molecule has 1 atom stereocenters. The Morgan fingerprint density at radius 2 is 2.00 bits per heavy atom. The number of aliphatic carboxylic acids is 1. The highest BCUT2D eigenvalue weighted by molar-refractivity contribution is 7.93. The zero-order valence-electron chi connectivity index (χ0n) is 15.8. The minimum atomic E-state index is -5.08. The fourth-order valence-corrected chi connectivity index (χ4v) is 4.80. The van der Waals surface area contributed by atoms with E-state index in [2.05, 4.69) is 25.5 Å². The van der Waals surface area contributed by atoms with Crippen LogP contribution < -0.4 is 10.0 Å². The van der Waals surface area contributed by atoms with Gasteiger partial charge in [-0.15, -0.1) is 0 Å². The lowest BCUT2D eigenvalue weighted by atomic mass is 9.98. The molecule has 0 spiro atoms. The number of alkyl halides is 3. The molecule has 1 aliphatic rings. The first kappa shape index (κ1) is 22.9. The van der Waals surface area contributed by atoms with Gasteiger partial charge in [0.1, 0.15) is 6.33 Å². The number of halogens is 3. The van der Waals surface area contributed by atoms with Crippen molar-refractivity contribution in [3.8, 4) is 0 Å². The van der Waals surface area contributed by atoms with Crippen molar-refractivity contribution in [3.63, 3.8) is 0 Å². The van der Waals surface area contributed by atoms with Gasteiger partial charge in [0.2, 0.25) is 5.13 Å². The second-order valence-corrected chi connectivity index (χ2v) is 9.00. The number of nitrogens with zero attached hydrogens (tertiary/aromatic N) is 2. The van der Waals surface area contributed by atoms with Crippen molar-refractivity contribution in [1.29, 1.82) is 0 Å². The van der Waals surface area contributed by atoms with Crippen molar-refractivity contribution >= 4 is 43.4 Å². The Hall–Kier alpha value is -2.77. The third kappa shape index (κ3) is 5.68. The van der Waals surface area contributed by atoms with E-state index in [1.807, 2.05) is 18.2 Å². The summed E-state index contributed by atoms with van der Waals surface area (Å²) in [4.78, 5) is 13.0. The van der Waals surface area contributed by atoms with Crippen molar-refractivity contribution in [2.75, 3.05) is 11.3 Å². The lowest BCUT2D eigenvalue weighted by molar-refractivity contribution is -0.192. The van der Waals surface area contributed by atoms with Crippen molar-refractivity contribution in [1.82, 2.24) is 14.7 Å². The molecule has 13 heteroatoms. The maximum absolute atomic E-state index is 12.5. The molecule has 0 saturated carbocycles. The lowest BCUT2D eigenvalue weighted by Gasteiger charge is -2.14.